The minimum atomic E-state index is 0.00848. The van der Waals surface area contributed by atoms with Crippen LogP contribution < -0.4 is 4.90 Å². The molecule has 1 aromatic rings. The fourth-order valence-electron chi connectivity index (χ4n) is 1.82. The van der Waals surface area contributed by atoms with Crippen LogP contribution >= 0.6 is 0 Å². The number of hydrogen-bond acceptors (Lipinski definition) is 1. The number of carbonyl (C=O) groups excluding carboxylic acids is 1. The third-order valence-electron chi connectivity index (χ3n) is 2.59. The van der Waals surface area contributed by atoms with E-state index in [0.717, 1.165) is 24.2 Å². The molecule has 0 unspecified atom stereocenters. The average Bonchev–Trinajstić information content (AvgIpc) is 2.40. The lowest BCUT2D eigenvalue weighted by molar-refractivity contribution is -0.116. The average molecular weight is 255 g/mol. The van der Waals surface area contributed by atoms with Crippen molar-refractivity contribution in [2.24, 2.45) is 0 Å². The molecule has 0 bridgehead atoms. The van der Waals surface area contributed by atoms with E-state index in [1.54, 1.807) is 11.8 Å². The van der Waals surface area contributed by atoms with Gasteiger partial charge in [-0.25, -0.2) is 0 Å². The highest BCUT2D eigenvalue weighted by molar-refractivity contribution is 5.95. The molecule has 0 aliphatic heterocycles. The molecule has 0 heterocycles. The number of allylic oxidation sites excluding steroid dienone is 4. The number of anilines is 1. The second-order valence-corrected chi connectivity index (χ2v) is 4.15. The van der Waals surface area contributed by atoms with Gasteiger partial charge in [0.15, 0.2) is 0 Å². The predicted molar refractivity (Wildman–Crippen MR) is 81.9 cm³/mol. The maximum Gasteiger partial charge on any atom is 0.228 e. The van der Waals surface area contributed by atoms with E-state index in [-0.39, 0.29) is 5.91 Å². The number of amides is 1. The van der Waals surface area contributed by atoms with Gasteiger partial charge in [0.05, 0.1) is 0 Å². The third kappa shape index (κ3) is 4.59. The predicted octanol–water partition coefficient (Wildman–Crippen LogP) is 4.47. The van der Waals surface area contributed by atoms with Gasteiger partial charge in [-0.2, -0.15) is 0 Å². The van der Waals surface area contributed by atoms with Gasteiger partial charge in [-0.05, 0) is 31.1 Å². The van der Waals surface area contributed by atoms with Crippen molar-refractivity contribution in [2.45, 2.75) is 26.7 Å². The molecule has 2 nitrogen and oxygen atoms in total. The number of carbonyl (C=O) groups is 1. The molecule has 1 aromatic carbocycles. The third-order valence-corrected chi connectivity index (χ3v) is 2.59. The summed E-state index contributed by atoms with van der Waals surface area (Å²) in [4.78, 5) is 13.6. The molecular formula is C17H21NO. The summed E-state index contributed by atoms with van der Waals surface area (Å²) in [6.45, 7) is 7.33. The summed E-state index contributed by atoms with van der Waals surface area (Å²) < 4.78 is 0. The number of benzene rings is 1. The lowest BCUT2D eigenvalue weighted by Gasteiger charge is -2.22. The highest BCUT2D eigenvalue weighted by atomic mass is 16.2. The zero-order chi connectivity index (χ0) is 14.1. The van der Waals surface area contributed by atoms with Crippen LogP contribution in [0.4, 0.5) is 5.69 Å². The van der Waals surface area contributed by atoms with Gasteiger partial charge >= 0.3 is 0 Å². The van der Waals surface area contributed by atoms with Crippen molar-refractivity contribution in [1.29, 1.82) is 0 Å². The molecule has 0 fully saturated rings. The van der Waals surface area contributed by atoms with E-state index in [0.29, 0.717) is 0 Å². The Morgan fingerprint density at radius 3 is 2.53 bits per heavy atom. The van der Waals surface area contributed by atoms with Gasteiger partial charge in [0, 0.05) is 18.3 Å². The molecule has 0 saturated carbocycles. The first-order valence-corrected chi connectivity index (χ1v) is 6.54. The van der Waals surface area contributed by atoms with E-state index in [4.69, 9.17) is 0 Å². The van der Waals surface area contributed by atoms with Crippen LogP contribution in [-0.2, 0) is 4.79 Å². The van der Waals surface area contributed by atoms with E-state index >= 15 is 0 Å². The lowest BCUT2D eigenvalue weighted by Crippen LogP contribution is -2.26. The molecule has 0 aliphatic carbocycles. The Bertz CT molecular complexity index is 471. The Morgan fingerprint density at radius 1 is 1.32 bits per heavy atom. The summed E-state index contributed by atoms with van der Waals surface area (Å²) in [5, 5.41) is 0. The monoisotopic (exact) mass is 255 g/mol. The number of rotatable bonds is 6. The van der Waals surface area contributed by atoms with Crippen molar-refractivity contribution < 1.29 is 4.79 Å². The lowest BCUT2D eigenvalue weighted by atomic mass is 10.2. The highest BCUT2D eigenvalue weighted by Gasteiger charge is 2.13. The van der Waals surface area contributed by atoms with Crippen LogP contribution in [0.5, 0.6) is 0 Å². The van der Waals surface area contributed by atoms with Crippen LogP contribution in [0.3, 0.4) is 0 Å². The van der Waals surface area contributed by atoms with Gasteiger partial charge in [0.2, 0.25) is 5.91 Å². The van der Waals surface area contributed by atoms with E-state index < -0.39 is 0 Å². The van der Waals surface area contributed by atoms with Crippen molar-refractivity contribution in [3.05, 3.63) is 66.9 Å². The molecule has 0 atom stereocenters. The molecule has 0 spiro atoms. The molecule has 1 amide bonds. The number of para-hydroxylation sites is 1. The van der Waals surface area contributed by atoms with E-state index in [1.165, 1.54) is 0 Å². The maximum absolute atomic E-state index is 11.9. The summed E-state index contributed by atoms with van der Waals surface area (Å²) in [5.41, 5.74) is 1.79. The SMILES string of the molecule is C=CC/C=C\C(=CCC)N(C(C)=O)c1ccccc1. The largest absolute Gasteiger partial charge is 0.282 e. The van der Waals surface area contributed by atoms with E-state index in [9.17, 15) is 4.79 Å². The highest BCUT2D eigenvalue weighted by Crippen LogP contribution is 2.20. The van der Waals surface area contributed by atoms with Crippen LogP contribution in [0.2, 0.25) is 0 Å². The second-order valence-electron chi connectivity index (χ2n) is 4.15. The molecule has 0 aromatic heterocycles. The maximum atomic E-state index is 11.9. The molecular weight excluding hydrogens is 234 g/mol. The van der Waals surface area contributed by atoms with Crippen molar-refractivity contribution in [2.75, 3.05) is 4.90 Å². The topological polar surface area (TPSA) is 20.3 Å². The number of hydrogen-bond donors (Lipinski definition) is 0. The van der Waals surface area contributed by atoms with Crippen molar-refractivity contribution >= 4 is 11.6 Å². The van der Waals surface area contributed by atoms with Crippen LogP contribution in [0.1, 0.15) is 26.7 Å². The number of nitrogens with zero attached hydrogens (tertiary/aromatic N) is 1. The summed E-state index contributed by atoms with van der Waals surface area (Å²) in [6, 6.07) is 9.68. The quantitative estimate of drug-likeness (QED) is 0.542. The van der Waals surface area contributed by atoms with Gasteiger partial charge in [-0.15, -0.1) is 6.58 Å². The van der Waals surface area contributed by atoms with Crippen molar-refractivity contribution in [3.8, 4) is 0 Å². The van der Waals surface area contributed by atoms with Crippen LogP contribution in [0.25, 0.3) is 0 Å². The Hall–Kier alpha value is -2.09. The minimum absolute atomic E-state index is 0.00848. The van der Waals surface area contributed by atoms with Crippen molar-refractivity contribution in [3.63, 3.8) is 0 Å². The minimum Gasteiger partial charge on any atom is -0.282 e. The Balaban J connectivity index is 3.11. The summed E-state index contributed by atoms with van der Waals surface area (Å²) in [5.74, 6) is 0.00848. The summed E-state index contributed by atoms with van der Waals surface area (Å²) >= 11 is 0. The fraction of sp³-hybridized carbons (Fsp3) is 0.235. The van der Waals surface area contributed by atoms with Gasteiger partial charge in [0.25, 0.3) is 0 Å². The molecule has 0 N–H and O–H groups in total. The normalized spacial score (nSPS) is 11.6. The van der Waals surface area contributed by atoms with E-state index in [2.05, 4.69) is 13.5 Å². The van der Waals surface area contributed by atoms with Gasteiger partial charge in [0.1, 0.15) is 0 Å². The first-order chi connectivity index (χ1) is 9.20. The molecule has 0 saturated heterocycles. The molecule has 2 heteroatoms. The Labute approximate surface area is 115 Å². The zero-order valence-corrected chi connectivity index (χ0v) is 11.7. The van der Waals surface area contributed by atoms with Gasteiger partial charge in [-0.1, -0.05) is 43.4 Å². The first kappa shape index (κ1) is 15.0. The van der Waals surface area contributed by atoms with Gasteiger partial charge in [-0.3, -0.25) is 9.69 Å². The molecule has 19 heavy (non-hydrogen) atoms. The van der Waals surface area contributed by atoms with E-state index in [1.807, 2.05) is 54.6 Å². The van der Waals surface area contributed by atoms with Crippen molar-refractivity contribution in [1.82, 2.24) is 0 Å². The fourth-order valence-corrected chi connectivity index (χ4v) is 1.82. The standard InChI is InChI=1S/C17H21NO/c1-4-6-8-12-16(11-5-2)18(15(3)19)17-13-9-7-10-14-17/h4,7-14H,1,5-6H2,2-3H3/b12-8-,16-11?. The Morgan fingerprint density at radius 2 is 2.00 bits per heavy atom. The Kier molecular flexibility index (Phi) is 6.37. The zero-order valence-electron chi connectivity index (χ0n) is 11.7. The van der Waals surface area contributed by atoms with Crippen LogP contribution in [0, 0.1) is 0 Å². The smallest absolute Gasteiger partial charge is 0.228 e. The summed E-state index contributed by atoms with van der Waals surface area (Å²) in [7, 11) is 0. The van der Waals surface area contributed by atoms with Gasteiger partial charge < -0.3 is 0 Å². The molecule has 100 valence electrons. The molecule has 0 aliphatic rings. The molecule has 1 rings (SSSR count). The van der Waals surface area contributed by atoms with Crippen LogP contribution in [0.15, 0.2) is 66.9 Å². The first-order valence-electron chi connectivity index (χ1n) is 6.54. The summed E-state index contributed by atoms with van der Waals surface area (Å²) in [6.07, 6.45) is 9.54. The second kappa shape index (κ2) is 8.09. The molecule has 0 radical (unpaired) electrons. The van der Waals surface area contributed by atoms with Crippen LogP contribution in [-0.4, -0.2) is 5.91 Å².